The molecule has 21 heavy (non-hydrogen) atoms. The SMILES string of the molecule is CCCOc1nc(Sc2nc3ccccc3s2)ccc1N. The number of nitrogens with two attached hydrogens (primary N) is 1. The highest BCUT2D eigenvalue weighted by atomic mass is 32.2. The van der Waals surface area contributed by atoms with Gasteiger partial charge in [-0.05, 0) is 42.4 Å². The summed E-state index contributed by atoms with van der Waals surface area (Å²) in [6.45, 7) is 2.67. The van der Waals surface area contributed by atoms with Crippen LogP contribution < -0.4 is 10.5 Å². The molecule has 0 amide bonds. The molecule has 6 heteroatoms. The van der Waals surface area contributed by atoms with E-state index in [9.17, 15) is 0 Å². The van der Waals surface area contributed by atoms with Crippen molar-refractivity contribution in [1.82, 2.24) is 9.97 Å². The first kappa shape index (κ1) is 14.2. The van der Waals surface area contributed by atoms with Gasteiger partial charge < -0.3 is 10.5 Å². The fourth-order valence-corrected chi connectivity index (χ4v) is 3.77. The number of benzene rings is 1. The Morgan fingerprint density at radius 1 is 1.19 bits per heavy atom. The van der Waals surface area contributed by atoms with Gasteiger partial charge in [0.15, 0.2) is 4.34 Å². The molecule has 0 saturated carbocycles. The van der Waals surface area contributed by atoms with Crippen molar-refractivity contribution >= 4 is 39.0 Å². The minimum atomic E-state index is 0.503. The number of para-hydroxylation sites is 1. The lowest BCUT2D eigenvalue weighted by Crippen LogP contribution is -2.01. The number of nitrogens with zero attached hydrogens (tertiary/aromatic N) is 2. The molecule has 3 rings (SSSR count). The van der Waals surface area contributed by atoms with E-state index in [-0.39, 0.29) is 0 Å². The Bertz CT molecular complexity index is 725. The van der Waals surface area contributed by atoms with Crippen molar-refractivity contribution in [3.8, 4) is 5.88 Å². The Morgan fingerprint density at radius 3 is 2.86 bits per heavy atom. The van der Waals surface area contributed by atoms with Gasteiger partial charge in [-0.15, -0.1) is 11.3 Å². The molecule has 0 atom stereocenters. The van der Waals surface area contributed by atoms with Crippen molar-refractivity contribution in [3.63, 3.8) is 0 Å². The van der Waals surface area contributed by atoms with Crippen LogP contribution in [0.15, 0.2) is 45.8 Å². The summed E-state index contributed by atoms with van der Waals surface area (Å²) in [5.74, 6) is 0.503. The van der Waals surface area contributed by atoms with Crippen molar-refractivity contribution in [2.75, 3.05) is 12.3 Å². The van der Waals surface area contributed by atoms with E-state index in [1.165, 1.54) is 16.5 Å². The van der Waals surface area contributed by atoms with Crippen LogP contribution in [0.1, 0.15) is 13.3 Å². The second-order valence-corrected chi connectivity index (χ2v) is 6.74. The summed E-state index contributed by atoms with van der Waals surface area (Å²) in [5, 5.41) is 0.842. The van der Waals surface area contributed by atoms with E-state index in [1.807, 2.05) is 30.3 Å². The van der Waals surface area contributed by atoms with Gasteiger partial charge in [0.1, 0.15) is 5.03 Å². The average Bonchev–Trinajstić information content (AvgIpc) is 2.90. The van der Waals surface area contributed by atoms with E-state index >= 15 is 0 Å². The molecule has 0 aliphatic rings. The maximum absolute atomic E-state index is 5.88. The van der Waals surface area contributed by atoms with Gasteiger partial charge in [-0.2, -0.15) is 0 Å². The molecule has 4 nitrogen and oxygen atoms in total. The van der Waals surface area contributed by atoms with Crippen LogP contribution in [0.5, 0.6) is 5.88 Å². The van der Waals surface area contributed by atoms with Crippen LogP contribution in [0, 0.1) is 0 Å². The van der Waals surface area contributed by atoms with Crippen LogP contribution in [0.3, 0.4) is 0 Å². The third-order valence-electron chi connectivity index (χ3n) is 2.77. The molecule has 0 aliphatic heterocycles. The fraction of sp³-hybridized carbons (Fsp3) is 0.200. The molecule has 0 fully saturated rings. The standard InChI is InChI=1S/C15H15N3OS2/c1-2-9-19-14-10(16)7-8-13(18-14)21-15-17-11-5-3-4-6-12(11)20-15/h3-8H,2,9,16H2,1H3. The lowest BCUT2D eigenvalue weighted by Gasteiger charge is -2.07. The summed E-state index contributed by atoms with van der Waals surface area (Å²) in [4.78, 5) is 9.05. The molecule has 108 valence electrons. The first-order valence-electron chi connectivity index (χ1n) is 6.69. The first-order valence-corrected chi connectivity index (χ1v) is 8.32. The van der Waals surface area contributed by atoms with Crippen LogP contribution in [0.2, 0.25) is 0 Å². The lowest BCUT2D eigenvalue weighted by molar-refractivity contribution is 0.305. The predicted octanol–water partition coefficient (Wildman–Crippen LogP) is 4.21. The van der Waals surface area contributed by atoms with E-state index in [0.717, 1.165) is 21.3 Å². The number of pyridine rings is 1. The van der Waals surface area contributed by atoms with Crippen LogP contribution >= 0.6 is 23.1 Å². The van der Waals surface area contributed by atoms with Gasteiger partial charge in [0.05, 0.1) is 22.5 Å². The molecule has 2 heterocycles. The zero-order valence-corrected chi connectivity index (χ0v) is 13.2. The fourth-order valence-electron chi connectivity index (χ4n) is 1.79. The van der Waals surface area contributed by atoms with E-state index in [2.05, 4.69) is 23.0 Å². The first-order chi connectivity index (χ1) is 10.3. The monoisotopic (exact) mass is 317 g/mol. The highest BCUT2D eigenvalue weighted by Gasteiger charge is 2.09. The summed E-state index contributed by atoms with van der Waals surface area (Å²) in [5.41, 5.74) is 7.46. The van der Waals surface area contributed by atoms with E-state index in [0.29, 0.717) is 18.2 Å². The molecule has 1 aromatic carbocycles. The van der Waals surface area contributed by atoms with Crippen LogP contribution in [0.25, 0.3) is 10.2 Å². The molecule has 0 radical (unpaired) electrons. The van der Waals surface area contributed by atoms with Gasteiger partial charge in [-0.25, -0.2) is 9.97 Å². The van der Waals surface area contributed by atoms with Crippen molar-refractivity contribution in [1.29, 1.82) is 0 Å². The van der Waals surface area contributed by atoms with Crippen LogP contribution in [-0.4, -0.2) is 16.6 Å². The van der Waals surface area contributed by atoms with Gasteiger partial charge >= 0.3 is 0 Å². The molecule has 0 bridgehead atoms. The Morgan fingerprint density at radius 2 is 2.05 bits per heavy atom. The smallest absolute Gasteiger partial charge is 0.238 e. The quantitative estimate of drug-likeness (QED) is 0.763. The van der Waals surface area contributed by atoms with Gasteiger partial charge in [0, 0.05) is 0 Å². The highest BCUT2D eigenvalue weighted by Crippen LogP contribution is 2.34. The molecule has 0 saturated heterocycles. The van der Waals surface area contributed by atoms with Gasteiger partial charge in [-0.3, -0.25) is 0 Å². The molecular weight excluding hydrogens is 302 g/mol. The number of nitrogen functional groups attached to an aromatic ring is 1. The van der Waals surface area contributed by atoms with Crippen molar-refractivity contribution in [2.24, 2.45) is 0 Å². The minimum absolute atomic E-state index is 0.503. The summed E-state index contributed by atoms with van der Waals surface area (Å²) in [7, 11) is 0. The Balaban J connectivity index is 1.83. The Kier molecular flexibility index (Phi) is 4.26. The Labute approximate surface area is 131 Å². The Hall–Kier alpha value is -1.79. The zero-order chi connectivity index (χ0) is 14.7. The molecule has 0 spiro atoms. The summed E-state index contributed by atoms with van der Waals surface area (Å²) in [6, 6.07) is 11.8. The molecule has 2 aromatic heterocycles. The van der Waals surface area contributed by atoms with Crippen molar-refractivity contribution in [2.45, 2.75) is 22.7 Å². The predicted molar refractivity (Wildman–Crippen MR) is 88.2 cm³/mol. The number of hydrogen-bond acceptors (Lipinski definition) is 6. The number of hydrogen-bond donors (Lipinski definition) is 1. The van der Waals surface area contributed by atoms with Crippen molar-refractivity contribution in [3.05, 3.63) is 36.4 Å². The number of rotatable bonds is 5. The van der Waals surface area contributed by atoms with Gasteiger partial charge in [0.25, 0.3) is 0 Å². The van der Waals surface area contributed by atoms with Crippen molar-refractivity contribution < 1.29 is 4.74 Å². The topological polar surface area (TPSA) is 61.0 Å². The van der Waals surface area contributed by atoms with E-state index < -0.39 is 0 Å². The van der Waals surface area contributed by atoms with Gasteiger partial charge in [0.2, 0.25) is 5.88 Å². The van der Waals surface area contributed by atoms with E-state index in [1.54, 1.807) is 11.3 Å². The van der Waals surface area contributed by atoms with Gasteiger partial charge in [-0.1, -0.05) is 19.1 Å². The van der Waals surface area contributed by atoms with Crippen LogP contribution in [0.4, 0.5) is 5.69 Å². The maximum Gasteiger partial charge on any atom is 0.238 e. The number of fused-ring (bicyclic) bond motifs is 1. The summed E-state index contributed by atoms with van der Waals surface area (Å²) >= 11 is 3.19. The largest absolute Gasteiger partial charge is 0.476 e. The third-order valence-corrected chi connectivity index (χ3v) is 4.81. The summed E-state index contributed by atoms with van der Waals surface area (Å²) in [6.07, 6.45) is 0.927. The number of ether oxygens (including phenoxy) is 1. The number of anilines is 1. The molecule has 3 aromatic rings. The molecule has 2 N–H and O–H groups in total. The molecular formula is C15H15N3OS2. The maximum atomic E-state index is 5.88. The number of thiazole rings is 1. The minimum Gasteiger partial charge on any atom is -0.476 e. The second kappa shape index (κ2) is 6.32. The zero-order valence-electron chi connectivity index (χ0n) is 11.6. The third kappa shape index (κ3) is 3.28. The molecule has 0 unspecified atom stereocenters. The second-order valence-electron chi connectivity index (χ2n) is 4.44. The number of aromatic nitrogens is 2. The average molecular weight is 317 g/mol. The van der Waals surface area contributed by atoms with E-state index in [4.69, 9.17) is 10.5 Å². The normalized spacial score (nSPS) is 10.9. The molecule has 0 aliphatic carbocycles. The summed E-state index contributed by atoms with van der Waals surface area (Å²) < 4.78 is 7.70. The highest BCUT2D eigenvalue weighted by molar-refractivity contribution is 8.01. The lowest BCUT2D eigenvalue weighted by atomic mass is 10.3. The van der Waals surface area contributed by atoms with Crippen LogP contribution in [-0.2, 0) is 0 Å².